The molecule has 0 heterocycles. The Bertz CT molecular complexity index is 508. The van der Waals surface area contributed by atoms with Gasteiger partial charge in [-0.05, 0) is 51.2 Å². The van der Waals surface area contributed by atoms with Gasteiger partial charge in [-0.15, -0.1) is 0 Å². The molecule has 0 spiro atoms. The van der Waals surface area contributed by atoms with E-state index >= 15 is 0 Å². The van der Waals surface area contributed by atoms with Crippen molar-refractivity contribution in [3.63, 3.8) is 0 Å². The largest absolute Gasteiger partial charge is 0.359 e. The van der Waals surface area contributed by atoms with Gasteiger partial charge < -0.3 is 5.32 Å². The molecule has 0 amide bonds. The zero-order valence-corrected chi connectivity index (χ0v) is 15.1. The summed E-state index contributed by atoms with van der Waals surface area (Å²) in [6.45, 7) is 11.1. The van der Waals surface area contributed by atoms with E-state index in [1.165, 1.54) is 53.8 Å². The number of hydrogen-bond acceptors (Lipinski definition) is 1. The maximum atomic E-state index is 3.76. The SMILES string of the molecule is CC/C=C(/N/C(CCCC)=C(\C)CCC)c1cccc(C)c1. The van der Waals surface area contributed by atoms with Crippen LogP contribution in [-0.2, 0) is 0 Å². The van der Waals surface area contributed by atoms with Gasteiger partial charge >= 0.3 is 0 Å². The van der Waals surface area contributed by atoms with E-state index in [0.717, 1.165) is 12.8 Å². The molecule has 1 aromatic carbocycles. The number of aryl methyl sites for hydroxylation is 1. The summed E-state index contributed by atoms with van der Waals surface area (Å²) in [6, 6.07) is 8.77. The fraction of sp³-hybridized carbons (Fsp3) is 0.524. The van der Waals surface area contributed by atoms with Gasteiger partial charge in [0, 0.05) is 11.4 Å². The fourth-order valence-corrected chi connectivity index (χ4v) is 2.68. The minimum Gasteiger partial charge on any atom is -0.359 e. The van der Waals surface area contributed by atoms with Gasteiger partial charge in [-0.2, -0.15) is 0 Å². The number of rotatable bonds is 9. The van der Waals surface area contributed by atoms with E-state index in [9.17, 15) is 0 Å². The first-order chi connectivity index (χ1) is 10.6. The molecular weight excluding hydrogens is 266 g/mol. The molecule has 0 atom stereocenters. The molecule has 0 aliphatic heterocycles. The highest BCUT2D eigenvalue weighted by atomic mass is 14.9. The van der Waals surface area contributed by atoms with E-state index in [-0.39, 0.29) is 0 Å². The Balaban J connectivity index is 3.04. The minimum atomic E-state index is 1.05. The van der Waals surface area contributed by atoms with Gasteiger partial charge in [-0.25, -0.2) is 0 Å². The lowest BCUT2D eigenvalue weighted by atomic mass is 10.0. The minimum absolute atomic E-state index is 1.05. The van der Waals surface area contributed by atoms with E-state index in [1.54, 1.807) is 0 Å². The van der Waals surface area contributed by atoms with Gasteiger partial charge in [-0.1, -0.05) is 69.0 Å². The third-order valence-corrected chi connectivity index (χ3v) is 3.94. The average Bonchev–Trinajstić information content (AvgIpc) is 2.50. The fourth-order valence-electron chi connectivity index (χ4n) is 2.68. The van der Waals surface area contributed by atoms with Crippen molar-refractivity contribution < 1.29 is 0 Å². The van der Waals surface area contributed by atoms with Crippen LogP contribution in [0.25, 0.3) is 5.70 Å². The van der Waals surface area contributed by atoms with Crippen molar-refractivity contribution in [2.24, 2.45) is 0 Å². The van der Waals surface area contributed by atoms with E-state index in [0.29, 0.717) is 0 Å². The average molecular weight is 300 g/mol. The second-order valence-electron chi connectivity index (χ2n) is 6.13. The van der Waals surface area contributed by atoms with E-state index in [2.05, 4.69) is 70.3 Å². The molecule has 0 aromatic heterocycles. The number of benzene rings is 1. The van der Waals surface area contributed by atoms with Crippen molar-refractivity contribution in [3.05, 3.63) is 52.7 Å². The van der Waals surface area contributed by atoms with Crippen molar-refractivity contribution in [1.82, 2.24) is 5.32 Å². The molecule has 1 aromatic rings. The molecule has 22 heavy (non-hydrogen) atoms. The summed E-state index contributed by atoms with van der Waals surface area (Å²) >= 11 is 0. The summed E-state index contributed by atoms with van der Waals surface area (Å²) in [6.07, 6.45) is 9.37. The molecule has 0 bridgehead atoms. The van der Waals surface area contributed by atoms with Crippen LogP contribution < -0.4 is 5.32 Å². The quantitative estimate of drug-likeness (QED) is 0.541. The van der Waals surface area contributed by atoms with E-state index in [4.69, 9.17) is 0 Å². The zero-order chi connectivity index (χ0) is 16.4. The summed E-state index contributed by atoms with van der Waals surface area (Å²) in [5.41, 5.74) is 6.79. The van der Waals surface area contributed by atoms with Crippen LogP contribution in [0.3, 0.4) is 0 Å². The second-order valence-corrected chi connectivity index (χ2v) is 6.13. The monoisotopic (exact) mass is 299 g/mol. The van der Waals surface area contributed by atoms with Crippen molar-refractivity contribution >= 4 is 5.70 Å². The van der Waals surface area contributed by atoms with Crippen molar-refractivity contribution in [2.45, 2.75) is 73.1 Å². The molecule has 1 heteroatoms. The van der Waals surface area contributed by atoms with E-state index in [1.807, 2.05) is 0 Å². The molecule has 0 fully saturated rings. The van der Waals surface area contributed by atoms with Crippen molar-refractivity contribution in [3.8, 4) is 0 Å². The Morgan fingerprint density at radius 1 is 1.09 bits per heavy atom. The second kappa shape index (κ2) is 10.3. The molecule has 0 radical (unpaired) electrons. The Morgan fingerprint density at radius 3 is 2.45 bits per heavy atom. The normalized spacial score (nSPS) is 13.0. The lowest BCUT2D eigenvalue weighted by Gasteiger charge is -2.18. The predicted molar refractivity (Wildman–Crippen MR) is 99.7 cm³/mol. The topological polar surface area (TPSA) is 12.0 Å². The third-order valence-electron chi connectivity index (χ3n) is 3.94. The molecular formula is C21H33N. The standard InChI is InChI=1S/C21H33N/c1-6-9-15-20(18(5)11-7-2)22-21(12-8-3)19-14-10-13-17(4)16-19/h10,12-14,16,22H,6-9,11,15H2,1-5H3/b20-18+,21-12+. The van der Waals surface area contributed by atoms with Crippen LogP contribution in [0.1, 0.15) is 77.3 Å². The van der Waals surface area contributed by atoms with Gasteiger partial charge in [0.05, 0.1) is 0 Å². The lowest BCUT2D eigenvalue weighted by molar-refractivity contribution is 0.735. The predicted octanol–water partition coefficient (Wildman–Crippen LogP) is 6.60. The summed E-state index contributed by atoms with van der Waals surface area (Å²) in [5, 5.41) is 3.76. The number of nitrogens with one attached hydrogen (secondary N) is 1. The van der Waals surface area contributed by atoms with E-state index < -0.39 is 0 Å². The first-order valence-electron chi connectivity index (χ1n) is 8.85. The number of unbranched alkanes of at least 4 members (excludes halogenated alkanes) is 1. The van der Waals surface area contributed by atoms with Crippen LogP contribution in [-0.4, -0.2) is 0 Å². The van der Waals surface area contributed by atoms with Gasteiger partial charge in [0.1, 0.15) is 0 Å². The number of allylic oxidation sites excluding steroid dienone is 3. The van der Waals surface area contributed by atoms with Gasteiger partial charge in [0.2, 0.25) is 0 Å². The zero-order valence-electron chi connectivity index (χ0n) is 15.1. The van der Waals surface area contributed by atoms with Crippen LogP contribution in [0.5, 0.6) is 0 Å². The Kier molecular flexibility index (Phi) is 8.65. The molecule has 0 aliphatic rings. The van der Waals surface area contributed by atoms with Crippen molar-refractivity contribution in [1.29, 1.82) is 0 Å². The first kappa shape index (κ1) is 18.5. The maximum absolute atomic E-state index is 3.76. The highest BCUT2D eigenvalue weighted by molar-refractivity contribution is 5.66. The van der Waals surface area contributed by atoms with Crippen LogP contribution >= 0.6 is 0 Å². The van der Waals surface area contributed by atoms with Gasteiger partial charge in [0.15, 0.2) is 0 Å². The first-order valence-corrected chi connectivity index (χ1v) is 8.85. The third kappa shape index (κ3) is 6.09. The highest BCUT2D eigenvalue weighted by Gasteiger charge is 2.07. The van der Waals surface area contributed by atoms with Crippen LogP contribution in [0.2, 0.25) is 0 Å². The summed E-state index contributed by atoms with van der Waals surface area (Å²) in [4.78, 5) is 0. The van der Waals surface area contributed by atoms with Crippen LogP contribution in [0.4, 0.5) is 0 Å². The number of hydrogen-bond donors (Lipinski definition) is 1. The molecule has 0 aliphatic carbocycles. The maximum Gasteiger partial charge on any atom is 0.0414 e. The van der Waals surface area contributed by atoms with Gasteiger partial charge in [0.25, 0.3) is 0 Å². The molecule has 1 N–H and O–H groups in total. The molecule has 1 nitrogen and oxygen atoms in total. The smallest absolute Gasteiger partial charge is 0.0414 e. The summed E-state index contributed by atoms with van der Waals surface area (Å²) in [5.74, 6) is 0. The highest BCUT2D eigenvalue weighted by Crippen LogP contribution is 2.21. The Morgan fingerprint density at radius 2 is 1.86 bits per heavy atom. The summed E-state index contributed by atoms with van der Waals surface area (Å²) in [7, 11) is 0. The van der Waals surface area contributed by atoms with Crippen LogP contribution in [0, 0.1) is 6.92 Å². The Labute approximate surface area is 137 Å². The molecule has 1 rings (SSSR count). The van der Waals surface area contributed by atoms with Crippen LogP contribution in [0.15, 0.2) is 41.6 Å². The molecule has 0 unspecified atom stereocenters. The summed E-state index contributed by atoms with van der Waals surface area (Å²) < 4.78 is 0. The molecule has 0 saturated carbocycles. The molecule has 122 valence electrons. The Hall–Kier alpha value is -1.50. The van der Waals surface area contributed by atoms with Crippen molar-refractivity contribution in [2.75, 3.05) is 0 Å². The molecule has 0 saturated heterocycles. The van der Waals surface area contributed by atoms with Gasteiger partial charge in [-0.3, -0.25) is 0 Å². The lowest BCUT2D eigenvalue weighted by Crippen LogP contribution is -2.14.